The Hall–Kier alpha value is -2.37. The van der Waals surface area contributed by atoms with Crippen LogP contribution in [-0.2, 0) is 6.42 Å². The first-order valence-electron chi connectivity index (χ1n) is 9.41. The van der Waals surface area contributed by atoms with Gasteiger partial charge in [-0.3, -0.25) is 4.79 Å². The first-order chi connectivity index (χ1) is 13.2. The Bertz CT molecular complexity index is 717. The molecule has 0 aliphatic heterocycles. The summed E-state index contributed by atoms with van der Waals surface area (Å²) in [6.07, 6.45) is 1.38. The summed E-state index contributed by atoms with van der Waals surface area (Å²) >= 11 is 0. The van der Waals surface area contributed by atoms with Gasteiger partial charge in [-0.05, 0) is 43.1 Å². The van der Waals surface area contributed by atoms with Gasteiger partial charge in [0.05, 0.1) is 12.7 Å². The topological polar surface area (TPSA) is 67.8 Å². The molecule has 1 atom stereocenters. The van der Waals surface area contributed by atoms with Gasteiger partial charge in [-0.15, -0.1) is 0 Å². The van der Waals surface area contributed by atoms with E-state index in [4.69, 9.17) is 9.47 Å². The van der Waals surface area contributed by atoms with Gasteiger partial charge >= 0.3 is 0 Å². The van der Waals surface area contributed by atoms with E-state index in [0.717, 1.165) is 18.5 Å². The fraction of sp³-hybridized carbons (Fsp3) is 0.409. The number of carbonyl (C=O) groups is 1. The van der Waals surface area contributed by atoms with Crippen LogP contribution in [-0.4, -0.2) is 43.8 Å². The van der Waals surface area contributed by atoms with Crippen LogP contribution in [0.4, 0.5) is 0 Å². The molecule has 0 heterocycles. The maximum absolute atomic E-state index is 12.6. The highest BCUT2D eigenvalue weighted by molar-refractivity contribution is 5.98. The van der Waals surface area contributed by atoms with E-state index in [1.165, 1.54) is 0 Å². The molecule has 0 aliphatic rings. The fourth-order valence-corrected chi connectivity index (χ4v) is 2.80. The van der Waals surface area contributed by atoms with Crippen LogP contribution < -0.4 is 14.8 Å². The zero-order chi connectivity index (χ0) is 19.5. The smallest absolute Gasteiger partial charge is 0.166 e. The Morgan fingerprint density at radius 3 is 2.56 bits per heavy atom. The van der Waals surface area contributed by atoms with Gasteiger partial charge in [-0.1, -0.05) is 37.3 Å². The predicted octanol–water partition coefficient (Wildman–Crippen LogP) is 3.25. The molecule has 2 aromatic carbocycles. The molecule has 0 aliphatic carbocycles. The van der Waals surface area contributed by atoms with E-state index < -0.39 is 6.10 Å². The van der Waals surface area contributed by atoms with Gasteiger partial charge in [0.1, 0.15) is 24.2 Å². The summed E-state index contributed by atoms with van der Waals surface area (Å²) in [6, 6.07) is 14.9. The molecular weight excluding hydrogens is 342 g/mol. The van der Waals surface area contributed by atoms with Crippen molar-refractivity contribution in [3.8, 4) is 11.5 Å². The van der Waals surface area contributed by atoms with E-state index in [-0.39, 0.29) is 12.4 Å². The maximum atomic E-state index is 12.6. The summed E-state index contributed by atoms with van der Waals surface area (Å²) in [6.45, 7) is 3.67. The maximum Gasteiger partial charge on any atom is 0.166 e. The molecule has 0 radical (unpaired) electrons. The lowest BCUT2D eigenvalue weighted by Gasteiger charge is -2.15. The molecule has 2 aromatic rings. The number of Topliss-reactive ketones (excluding diaryl/α,β-unsaturated/α-hetero) is 1. The summed E-state index contributed by atoms with van der Waals surface area (Å²) in [5, 5.41) is 13.2. The summed E-state index contributed by atoms with van der Waals surface area (Å²) in [4.78, 5) is 12.6. The van der Waals surface area contributed by atoms with Crippen molar-refractivity contribution in [2.24, 2.45) is 0 Å². The van der Waals surface area contributed by atoms with Crippen LogP contribution in [0.15, 0.2) is 48.5 Å². The van der Waals surface area contributed by atoms with Gasteiger partial charge in [0.15, 0.2) is 5.78 Å². The lowest BCUT2D eigenvalue weighted by molar-refractivity contribution is 0.0976. The van der Waals surface area contributed by atoms with E-state index in [1.54, 1.807) is 19.2 Å². The third-order valence-electron chi connectivity index (χ3n) is 4.24. The quantitative estimate of drug-likeness (QED) is 0.443. The molecule has 0 fully saturated rings. The number of rotatable bonds is 12. The average molecular weight is 371 g/mol. The van der Waals surface area contributed by atoms with Gasteiger partial charge in [0, 0.05) is 13.0 Å². The van der Waals surface area contributed by atoms with E-state index in [0.29, 0.717) is 36.4 Å². The minimum absolute atomic E-state index is 0.0334. The number of carbonyl (C=O) groups excluding carboxylic acids is 1. The monoisotopic (exact) mass is 371 g/mol. The molecule has 0 spiro atoms. The van der Waals surface area contributed by atoms with Gasteiger partial charge in [0.25, 0.3) is 0 Å². The minimum Gasteiger partial charge on any atom is -0.496 e. The van der Waals surface area contributed by atoms with Crippen LogP contribution in [0.1, 0.15) is 35.7 Å². The molecule has 5 heteroatoms. The molecule has 2 rings (SSSR count). The Labute approximate surface area is 161 Å². The van der Waals surface area contributed by atoms with Crippen molar-refractivity contribution in [1.29, 1.82) is 0 Å². The standard InChI is InChI=1S/C22H29NO4/c1-3-14-23-15-18(24)16-27-21-10-6-4-8-17(21)12-13-20(25)19-9-5-7-11-22(19)26-2/h4-11,18,23-24H,3,12-16H2,1-2H3. The number of aliphatic hydroxyl groups excluding tert-OH is 1. The van der Waals surface area contributed by atoms with E-state index >= 15 is 0 Å². The molecule has 146 valence electrons. The average Bonchev–Trinajstić information content (AvgIpc) is 2.71. The first kappa shape index (κ1) is 20.9. The van der Waals surface area contributed by atoms with Gasteiger partial charge in [-0.2, -0.15) is 0 Å². The van der Waals surface area contributed by atoms with Crippen molar-refractivity contribution in [2.75, 3.05) is 26.8 Å². The number of hydrogen-bond acceptors (Lipinski definition) is 5. The van der Waals surface area contributed by atoms with Crippen molar-refractivity contribution in [3.63, 3.8) is 0 Å². The van der Waals surface area contributed by atoms with Gasteiger partial charge < -0.3 is 19.9 Å². The molecule has 0 amide bonds. The summed E-state index contributed by atoms with van der Waals surface area (Å²) in [5.74, 6) is 1.33. The Morgan fingerprint density at radius 2 is 1.81 bits per heavy atom. The molecule has 0 saturated heterocycles. The lowest BCUT2D eigenvalue weighted by atomic mass is 10.0. The third-order valence-corrected chi connectivity index (χ3v) is 4.24. The van der Waals surface area contributed by atoms with Gasteiger partial charge in [-0.25, -0.2) is 0 Å². The highest BCUT2D eigenvalue weighted by atomic mass is 16.5. The number of ketones is 1. The molecule has 2 N–H and O–H groups in total. The minimum atomic E-state index is -0.570. The second kappa shape index (κ2) is 11.4. The molecule has 1 unspecified atom stereocenters. The van der Waals surface area contributed by atoms with Crippen molar-refractivity contribution in [2.45, 2.75) is 32.3 Å². The van der Waals surface area contributed by atoms with Crippen molar-refractivity contribution in [1.82, 2.24) is 5.32 Å². The number of aryl methyl sites for hydroxylation is 1. The molecule has 0 aromatic heterocycles. The second-order valence-electron chi connectivity index (χ2n) is 6.40. The van der Waals surface area contributed by atoms with Crippen molar-refractivity contribution < 1.29 is 19.4 Å². The first-order valence-corrected chi connectivity index (χ1v) is 9.41. The van der Waals surface area contributed by atoms with Crippen LogP contribution in [0.2, 0.25) is 0 Å². The van der Waals surface area contributed by atoms with Gasteiger partial charge in [0.2, 0.25) is 0 Å². The summed E-state index contributed by atoms with van der Waals surface area (Å²) in [7, 11) is 1.57. The van der Waals surface area contributed by atoms with Crippen LogP contribution >= 0.6 is 0 Å². The summed E-state index contributed by atoms with van der Waals surface area (Å²) in [5.41, 5.74) is 1.55. The number of para-hydroxylation sites is 2. The number of ether oxygens (including phenoxy) is 2. The van der Waals surface area contributed by atoms with E-state index in [2.05, 4.69) is 12.2 Å². The van der Waals surface area contributed by atoms with Crippen LogP contribution in [0.3, 0.4) is 0 Å². The predicted molar refractivity (Wildman–Crippen MR) is 107 cm³/mol. The third kappa shape index (κ3) is 6.70. The highest BCUT2D eigenvalue weighted by Crippen LogP contribution is 2.23. The van der Waals surface area contributed by atoms with E-state index in [1.807, 2.05) is 36.4 Å². The number of methoxy groups -OCH3 is 1. The number of aliphatic hydroxyl groups is 1. The van der Waals surface area contributed by atoms with Crippen LogP contribution in [0, 0.1) is 0 Å². The fourth-order valence-electron chi connectivity index (χ4n) is 2.80. The number of hydrogen-bond donors (Lipinski definition) is 2. The Morgan fingerprint density at radius 1 is 1.11 bits per heavy atom. The SMILES string of the molecule is CCCNCC(O)COc1ccccc1CCC(=O)c1ccccc1OC. The van der Waals surface area contributed by atoms with E-state index in [9.17, 15) is 9.90 Å². The largest absolute Gasteiger partial charge is 0.496 e. The van der Waals surface area contributed by atoms with Crippen LogP contribution in [0.25, 0.3) is 0 Å². The zero-order valence-corrected chi connectivity index (χ0v) is 16.1. The molecule has 0 saturated carbocycles. The Balaban J connectivity index is 1.92. The zero-order valence-electron chi connectivity index (χ0n) is 16.1. The lowest BCUT2D eigenvalue weighted by Crippen LogP contribution is -2.31. The molecule has 5 nitrogen and oxygen atoms in total. The Kier molecular flexibility index (Phi) is 8.81. The summed E-state index contributed by atoms with van der Waals surface area (Å²) < 4.78 is 11.1. The normalized spacial score (nSPS) is 11.8. The van der Waals surface area contributed by atoms with Crippen LogP contribution in [0.5, 0.6) is 11.5 Å². The number of benzene rings is 2. The molecule has 27 heavy (non-hydrogen) atoms. The van der Waals surface area contributed by atoms with Crippen molar-refractivity contribution in [3.05, 3.63) is 59.7 Å². The van der Waals surface area contributed by atoms with Crippen molar-refractivity contribution >= 4 is 5.78 Å². The molecule has 0 bridgehead atoms. The molecular formula is C22H29NO4. The number of nitrogens with one attached hydrogen (secondary N) is 1. The highest BCUT2D eigenvalue weighted by Gasteiger charge is 2.13. The second-order valence-corrected chi connectivity index (χ2v) is 6.40.